The van der Waals surface area contributed by atoms with Crippen LogP contribution in [0.3, 0.4) is 0 Å². The Morgan fingerprint density at radius 1 is 1.08 bits per heavy atom. The van der Waals surface area contributed by atoms with Crippen molar-refractivity contribution >= 4 is 34.2 Å². The molecule has 0 spiro atoms. The van der Waals surface area contributed by atoms with Crippen LogP contribution >= 0.6 is 11.6 Å². The van der Waals surface area contributed by atoms with E-state index in [0.29, 0.717) is 36.0 Å². The van der Waals surface area contributed by atoms with Crippen LogP contribution in [0.1, 0.15) is 10.4 Å². The number of hydrogen-bond acceptors (Lipinski definition) is 6. The van der Waals surface area contributed by atoms with Crippen molar-refractivity contribution in [1.29, 1.82) is 0 Å². The summed E-state index contributed by atoms with van der Waals surface area (Å²) in [4.78, 5) is 25.5. The average molecular weight is 520 g/mol. The van der Waals surface area contributed by atoms with Gasteiger partial charge in [0.05, 0.1) is 30.0 Å². The van der Waals surface area contributed by atoms with E-state index in [1.54, 1.807) is 26.5 Å². The molecule has 1 aliphatic rings. The number of benzene rings is 2. The van der Waals surface area contributed by atoms with E-state index in [0.717, 1.165) is 58.7 Å². The second-order valence-corrected chi connectivity index (χ2v) is 9.48. The van der Waals surface area contributed by atoms with E-state index in [4.69, 9.17) is 26.8 Å². The van der Waals surface area contributed by atoms with Crippen molar-refractivity contribution in [3.8, 4) is 28.0 Å². The Labute approximate surface area is 220 Å². The maximum absolute atomic E-state index is 13.5. The summed E-state index contributed by atoms with van der Waals surface area (Å²) in [5, 5.41) is 1.29. The molecule has 0 unspecified atom stereocenters. The molecule has 0 bridgehead atoms. The molecule has 0 atom stereocenters. The highest BCUT2D eigenvalue weighted by Crippen LogP contribution is 2.37. The number of halogens is 1. The third-order valence-electron chi connectivity index (χ3n) is 6.89. The fraction of sp³-hybridized carbons (Fsp3) is 0.286. The van der Waals surface area contributed by atoms with Gasteiger partial charge in [-0.1, -0.05) is 29.8 Å². The number of carbonyl (C=O) groups is 1. The third-order valence-corrected chi connectivity index (χ3v) is 7.21. The lowest BCUT2D eigenvalue weighted by molar-refractivity contribution is 0.0595. The van der Waals surface area contributed by atoms with Crippen LogP contribution in [0.5, 0.6) is 5.75 Å². The number of methoxy groups -OCH3 is 2. The summed E-state index contributed by atoms with van der Waals surface area (Å²) in [5.74, 6) is 0.664. The number of piperazine rings is 1. The SMILES string of the molecule is COCCN1CCN(C(=O)c2cc(-c3cnc4[nH]cc(-c5ccccc5OC)c4c3)cc(Cl)c2N)CC1. The molecule has 3 heterocycles. The lowest BCUT2D eigenvalue weighted by Crippen LogP contribution is -2.49. The number of ether oxygens (including phenoxy) is 2. The number of carbonyl (C=O) groups excluding carboxylic acids is 1. The second-order valence-electron chi connectivity index (χ2n) is 9.07. The van der Waals surface area contributed by atoms with E-state index >= 15 is 0 Å². The van der Waals surface area contributed by atoms with Gasteiger partial charge in [0, 0.05) is 74.3 Å². The number of para-hydroxylation sites is 1. The van der Waals surface area contributed by atoms with Crippen LogP contribution in [-0.2, 0) is 4.74 Å². The first-order chi connectivity index (χ1) is 18.0. The molecule has 0 radical (unpaired) electrons. The van der Waals surface area contributed by atoms with E-state index in [1.807, 2.05) is 47.5 Å². The summed E-state index contributed by atoms with van der Waals surface area (Å²) in [6.45, 7) is 4.38. The Bertz CT molecular complexity index is 1430. The molecular formula is C28H30ClN5O3. The van der Waals surface area contributed by atoms with Crippen molar-refractivity contribution in [3.05, 3.63) is 65.4 Å². The maximum Gasteiger partial charge on any atom is 0.256 e. The maximum atomic E-state index is 13.5. The number of rotatable bonds is 7. The molecule has 1 saturated heterocycles. The summed E-state index contributed by atoms with van der Waals surface area (Å²) in [6.07, 6.45) is 3.70. The normalized spacial score (nSPS) is 14.3. The van der Waals surface area contributed by atoms with Gasteiger partial charge >= 0.3 is 0 Å². The van der Waals surface area contributed by atoms with Gasteiger partial charge in [-0.25, -0.2) is 4.98 Å². The van der Waals surface area contributed by atoms with Gasteiger partial charge in [-0.2, -0.15) is 0 Å². The molecule has 1 aliphatic heterocycles. The van der Waals surface area contributed by atoms with Crippen molar-refractivity contribution in [1.82, 2.24) is 19.8 Å². The van der Waals surface area contributed by atoms with E-state index in [9.17, 15) is 4.79 Å². The average Bonchev–Trinajstić information content (AvgIpc) is 3.36. The number of nitrogens with one attached hydrogen (secondary N) is 1. The fourth-order valence-electron chi connectivity index (χ4n) is 4.78. The minimum absolute atomic E-state index is 0.113. The quantitative estimate of drug-likeness (QED) is 0.348. The largest absolute Gasteiger partial charge is 0.496 e. The van der Waals surface area contributed by atoms with Crippen molar-refractivity contribution in [2.24, 2.45) is 0 Å². The number of anilines is 1. The first kappa shape index (κ1) is 25.1. The number of nitrogens with zero attached hydrogens (tertiary/aromatic N) is 3. The van der Waals surface area contributed by atoms with E-state index in [2.05, 4.69) is 14.9 Å². The van der Waals surface area contributed by atoms with Crippen LogP contribution in [0.25, 0.3) is 33.3 Å². The Balaban J connectivity index is 1.47. The monoisotopic (exact) mass is 519 g/mol. The number of aromatic amines is 1. The van der Waals surface area contributed by atoms with Gasteiger partial charge in [-0.15, -0.1) is 0 Å². The molecule has 8 nitrogen and oxygen atoms in total. The van der Waals surface area contributed by atoms with Gasteiger partial charge in [0.1, 0.15) is 11.4 Å². The van der Waals surface area contributed by atoms with Gasteiger partial charge in [0.15, 0.2) is 0 Å². The third kappa shape index (κ3) is 5.00. The predicted octanol–water partition coefficient (Wildman–Crippen LogP) is 4.55. The molecule has 0 aliphatic carbocycles. The van der Waals surface area contributed by atoms with Gasteiger partial charge in [0.25, 0.3) is 5.91 Å². The molecule has 9 heteroatoms. The molecule has 3 N–H and O–H groups in total. The first-order valence-corrected chi connectivity index (χ1v) is 12.6. The zero-order chi connectivity index (χ0) is 25.9. The Hall–Kier alpha value is -3.59. The highest BCUT2D eigenvalue weighted by Gasteiger charge is 2.25. The van der Waals surface area contributed by atoms with Crippen LogP contribution in [0.2, 0.25) is 5.02 Å². The summed E-state index contributed by atoms with van der Waals surface area (Å²) in [5.41, 5.74) is 11.3. The Morgan fingerprint density at radius 2 is 1.86 bits per heavy atom. The molecular weight excluding hydrogens is 490 g/mol. The van der Waals surface area contributed by atoms with Crippen molar-refractivity contribution in [3.63, 3.8) is 0 Å². The summed E-state index contributed by atoms with van der Waals surface area (Å²) >= 11 is 6.54. The number of amides is 1. The standard InChI is InChI=1S/C28H30ClN5O3/c1-36-12-11-33-7-9-34(10-8-33)28(35)22-13-18(15-24(29)26(22)30)19-14-21-23(17-32-27(21)31-16-19)20-5-3-4-6-25(20)37-2/h3-6,13-17H,7-12,30H2,1-2H3,(H,31,32). The minimum atomic E-state index is -0.113. The van der Waals surface area contributed by atoms with Gasteiger partial charge in [-0.05, 0) is 29.8 Å². The van der Waals surface area contributed by atoms with Crippen LogP contribution in [0.4, 0.5) is 5.69 Å². The molecule has 4 aromatic rings. The highest BCUT2D eigenvalue weighted by atomic mass is 35.5. The number of nitrogen functional groups attached to an aromatic ring is 1. The highest BCUT2D eigenvalue weighted by molar-refractivity contribution is 6.34. The molecule has 5 rings (SSSR count). The summed E-state index contributed by atoms with van der Waals surface area (Å²) in [6, 6.07) is 13.5. The lowest BCUT2D eigenvalue weighted by atomic mass is 9.99. The zero-order valence-electron chi connectivity index (χ0n) is 21.0. The fourth-order valence-corrected chi connectivity index (χ4v) is 5.00. The Morgan fingerprint density at radius 3 is 2.62 bits per heavy atom. The number of hydrogen-bond donors (Lipinski definition) is 2. The van der Waals surface area contributed by atoms with E-state index in [-0.39, 0.29) is 5.91 Å². The molecule has 192 valence electrons. The number of H-pyrrole nitrogens is 1. The zero-order valence-corrected chi connectivity index (χ0v) is 21.7. The topological polar surface area (TPSA) is 96.7 Å². The van der Waals surface area contributed by atoms with E-state index < -0.39 is 0 Å². The van der Waals surface area contributed by atoms with Crippen LogP contribution in [-0.4, -0.2) is 79.2 Å². The van der Waals surface area contributed by atoms with Crippen LogP contribution < -0.4 is 10.5 Å². The second kappa shape index (κ2) is 10.8. The minimum Gasteiger partial charge on any atom is -0.496 e. The van der Waals surface area contributed by atoms with Gasteiger partial charge in [-0.3, -0.25) is 9.69 Å². The number of nitrogens with two attached hydrogens (primary N) is 1. The van der Waals surface area contributed by atoms with Crippen molar-refractivity contribution in [2.45, 2.75) is 0 Å². The smallest absolute Gasteiger partial charge is 0.256 e. The summed E-state index contributed by atoms with van der Waals surface area (Å²) < 4.78 is 10.7. The molecule has 0 saturated carbocycles. The molecule has 2 aromatic heterocycles. The first-order valence-electron chi connectivity index (χ1n) is 12.2. The van der Waals surface area contributed by atoms with Gasteiger partial charge in [0.2, 0.25) is 0 Å². The molecule has 1 amide bonds. The van der Waals surface area contributed by atoms with Crippen LogP contribution in [0.15, 0.2) is 54.9 Å². The van der Waals surface area contributed by atoms with Crippen molar-refractivity contribution in [2.75, 3.05) is 59.3 Å². The van der Waals surface area contributed by atoms with Crippen LogP contribution in [0, 0.1) is 0 Å². The molecule has 37 heavy (non-hydrogen) atoms. The van der Waals surface area contributed by atoms with Crippen molar-refractivity contribution < 1.29 is 14.3 Å². The predicted molar refractivity (Wildman–Crippen MR) is 147 cm³/mol. The van der Waals surface area contributed by atoms with E-state index in [1.165, 1.54) is 0 Å². The molecule has 1 fully saturated rings. The molecule has 2 aromatic carbocycles. The Kier molecular flexibility index (Phi) is 7.32. The lowest BCUT2D eigenvalue weighted by Gasteiger charge is -2.34. The number of fused-ring (bicyclic) bond motifs is 1. The number of pyridine rings is 1. The number of aromatic nitrogens is 2. The summed E-state index contributed by atoms with van der Waals surface area (Å²) in [7, 11) is 3.35. The van der Waals surface area contributed by atoms with Gasteiger partial charge < -0.3 is 25.1 Å².